The fraction of sp³-hybridized carbons (Fsp3) is 0.846. The molecule has 0 aromatic carbocycles. The normalized spacial score (nSPS) is 25.0. The average molecular weight is 267 g/mol. The molecule has 1 unspecified atom stereocenters. The maximum atomic E-state index is 5.33. The molecule has 2 aliphatic rings. The molecule has 0 bridgehead atoms. The maximum Gasteiger partial charge on any atom is 0.228 e. The zero-order chi connectivity index (χ0) is 12.2. The van der Waals surface area contributed by atoms with Gasteiger partial charge in [0, 0.05) is 17.7 Å². The fourth-order valence-electron chi connectivity index (χ4n) is 2.82. The Morgan fingerprint density at radius 2 is 2.11 bits per heavy atom. The summed E-state index contributed by atoms with van der Waals surface area (Å²) in [5.41, 5.74) is 0. The molecule has 0 spiro atoms. The Morgan fingerprint density at radius 1 is 1.22 bits per heavy atom. The van der Waals surface area contributed by atoms with Crippen molar-refractivity contribution in [3.63, 3.8) is 0 Å². The lowest BCUT2D eigenvalue weighted by Crippen LogP contribution is -2.23. The van der Waals surface area contributed by atoms with Crippen LogP contribution in [0.15, 0.2) is 4.52 Å². The minimum Gasteiger partial charge on any atom is -0.339 e. The summed E-state index contributed by atoms with van der Waals surface area (Å²) in [6, 6.07) is 0.542. The highest BCUT2D eigenvalue weighted by Crippen LogP contribution is 2.31. The van der Waals surface area contributed by atoms with Crippen LogP contribution in [0.5, 0.6) is 0 Å². The van der Waals surface area contributed by atoms with E-state index in [0.717, 1.165) is 35.7 Å². The van der Waals surface area contributed by atoms with E-state index in [9.17, 15) is 0 Å². The topological polar surface area (TPSA) is 51.0 Å². The zero-order valence-corrected chi connectivity index (χ0v) is 11.5. The number of hydrogen-bond acceptors (Lipinski definition) is 5. The van der Waals surface area contributed by atoms with Crippen LogP contribution in [0.25, 0.3) is 0 Å². The second-order valence-electron chi connectivity index (χ2n) is 5.32. The molecule has 1 N–H and O–H groups in total. The van der Waals surface area contributed by atoms with Crippen molar-refractivity contribution in [2.75, 3.05) is 6.54 Å². The van der Waals surface area contributed by atoms with Gasteiger partial charge in [-0.15, -0.1) is 0 Å². The lowest BCUT2D eigenvalue weighted by atomic mass is 10.2. The van der Waals surface area contributed by atoms with Crippen LogP contribution in [0.1, 0.15) is 50.2 Å². The van der Waals surface area contributed by atoms with Crippen molar-refractivity contribution in [2.24, 2.45) is 0 Å². The van der Waals surface area contributed by atoms with Crippen LogP contribution >= 0.6 is 11.8 Å². The van der Waals surface area contributed by atoms with Gasteiger partial charge in [0.15, 0.2) is 5.82 Å². The summed E-state index contributed by atoms with van der Waals surface area (Å²) >= 11 is 1.99. The van der Waals surface area contributed by atoms with E-state index >= 15 is 0 Å². The molecule has 4 nitrogen and oxygen atoms in total. The highest BCUT2D eigenvalue weighted by Gasteiger charge is 2.19. The largest absolute Gasteiger partial charge is 0.339 e. The number of hydrogen-bond donors (Lipinski definition) is 1. The molecule has 5 heteroatoms. The summed E-state index contributed by atoms with van der Waals surface area (Å²) in [7, 11) is 0. The SMILES string of the molecule is C1CNC(Cc2nc(CSC3CCCC3)no2)C1. The van der Waals surface area contributed by atoms with E-state index in [1.165, 1.54) is 38.5 Å². The summed E-state index contributed by atoms with van der Waals surface area (Å²) < 4.78 is 5.33. The predicted octanol–water partition coefficient (Wildman–Crippen LogP) is 2.54. The van der Waals surface area contributed by atoms with E-state index < -0.39 is 0 Å². The summed E-state index contributed by atoms with van der Waals surface area (Å²) in [5.74, 6) is 2.59. The molecule has 1 aromatic heterocycles. The fourth-order valence-corrected chi connectivity index (χ4v) is 3.99. The highest BCUT2D eigenvalue weighted by atomic mass is 32.2. The molecule has 1 aromatic rings. The standard InChI is InChI=1S/C13H21N3OS/c1-2-6-11(5-1)18-9-12-15-13(17-16-12)8-10-4-3-7-14-10/h10-11,14H,1-9H2. The van der Waals surface area contributed by atoms with Crippen LogP contribution in [-0.2, 0) is 12.2 Å². The van der Waals surface area contributed by atoms with E-state index in [1.54, 1.807) is 0 Å². The summed E-state index contributed by atoms with van der Waals surface area (Å²) in [4.78, 5) is 4.50. The van der Waals surface area contributed by atoms with Gasteiger partial charge < -0.3 is 9.84 Å². The van der Waals surface area contributed by atoms with E-state index in [2.05, 4.69) is 15.5 Å². The summed E-state index contributed by atoms with van der Waals surface area (Å²) in [5, 5.41) is 8.37. The summed E-state index contributed by atoms with van der Waals surface area (Å²) in [6.07, 6.45) is 8.90. The number of rotatable bonds is 5. The highest BCUT2D eigenvalue weighted by molar-refractivity contribution is 7.99. The third kappa shape index (κ3) is 3.26. The molecule has 3 rings (SSSR count). The minimum absolute atomic E-state index is 0.542. The first-order valence-electron chi connectivity index (χ1n) is 7.06. The Balaban J connectivity index is 1.46. The number of thioether (sulfide) groups is 1. The Labute approximate surface area is 112 Å². The van der Waals surface area contributed by atoms with Crippen LogP contribution < -0.4 is 5.32 Å². The molecule has 2 heterocycles. The van der Waals surface area contributed by atoms with E-state index in [-0.39, 0.29) is 0 Å². The smallest absolute Gasteiger partial charge is 0.228 e. The third-order valence-electron chi connectivity index (χ3n) is 3.84. The Bertz CT molecular complexity index is 370. The van der Waals surface area contributed by atoms with Gasteiger partial charge >= 0.3 is 0 Å². The minimum atomic E-state index is 0.542. The lowest BCUT2D eigenvalue weighted by Gasteiger charge is -2.05. The zero-order valence-electron chi connectivity index (χ0n) is 10.7. The number of nitrogens with zero attached hydrogens (tertiary/aromatic N) is 2. The van der Waals surface area contributed by atoms with Crippen molar-refractivity contribution in [1.82, 2.24) is 15.5 Å². The van der Waals surface area contributed by atoms with Crippen LogP contribution in [-0.4, -0.2) is 28.0 Å². The van der Waals surface area contributed by atoms with Crippen molar-refractivity contribution >= 4 is 11.8 Å². The second kappa shape index (κ2) is 6.06. The quantitative estimate of drug-likeness (QED) is 0.888. The van der Waals surface area contributed by atoms with Crippen molar-refractivity contribution in [1.29, 1.82) is 0 Å². The van der Waals surface area contributed by atoms with Gasteiger partial charge in [0.25, 0.3) is 0 Å². The van der Waals surface area contributed by atoms with Gasteiger partial charge in [-0.1, -0.05) is 18.0 Å². The van der Waals surface area contributed by atoms with Gasteiger partial charge in [0.1, 0.15) is 0 Å². The molecule has 2 fully saturated rings. The molecule has 18 heavy (non-hydrogen) atoms. The first-order chi connectivity index (χ1) is 8.90. The molecule has 1 saturated carbocycles. The van der Waals surface area contributed by atoms with Crippen LogP contribution in [0.4, 0.5) is 0 Å². The Hall–Kier alpha value is -0.550. The first kappa shape index (κ1) is 12.5. The van der Waals surface area contributed by atoms with Gasteiger partial charge in [0.05, 0.1) is 5.75 Å². The van der Waals surface area contributed by atoms with Gasteiger partial charge in [-0.25, -0.2) is 0 Å². The number of nitrogens with one attached hydrogen (secondary N) is 1. The number of aromatic nitrogens is 2. The predicted molar refractivity (Wildman–Crippen MR) is 72.6 cm³/mol. The maximum absolute atomic E-state index is 5.33. The monoisotopic (exact) mass is 267 g/mol. The van der Waals surface area contributed by atoms with Gasteiger partial charge in [0.2, 0.25) is 5.89 Å². The molecule has 1 aliphatic carbocycles. The average Bonchev–Trinajstić information content (AvgIpc) is 3.09. The molecule has 100 valence electrons. The Kier molecular flexibility index (Phi) is 4.20. The van der Waals surface area contributed by atoms with Crippen molar-refractivity contribution in [2.45, 2.75) is 62.0 Å². The van der Waals surface area contributed by atoms with Crippen LogP contribution in [0, 0.1) is 0 Å². The molecular weight excluding hydrogens is 246 g/mol. The molecule has 0 amide bonds. The van der Waals surface area contributed by atoms with Crippen molar-refractivity contribution in [3.8, 4) is 0 Å². The molecule has 1 saturated heterocycles. The molecule has 0 radical (unpaired) electrons. The van der Waals surface area contributed by atoms with Crippen LogP contribution in [0.2, 0.25) is 0 Å². The Morgan fingerprint density at radius 3 is 2.89 bits per heavy atom. The van der Waals surface area contributed by atoms with E-state index in [1.807, 2.05) is 11.8 Å². The summed E-state index contributed by atoms with van der Waals surface area (Å²) in [6.45, 7) is 1.13. The first-order valence-corrected chi connectivity index (χ1v) is 8.11. The van der Waals surface area contributed by atoms with Gasteiger partial charge in [-0.05, 0) is 32.2 Å². The van der Waals surface area contributed by atoms with Crippen LogP contribution in [0.3, 0.4) is 0 Å². The van der Waals surface area contributed by atoms with E-state index in [4.69, 9.17) is 4.52 Å². The van der Waals surface area contributed by atoms with E-state index in [0.29, 0.717) is 6.04 Å². The van der Waals surface area contributed by atoms with Gasteiger partial charge in [-0.3, -0.25) is 0 Å². The molecular formula is C13H21N3OS. The van der Waals surface area contributed by atoms with Gasteiger partial charge in [-0.2, -0.15) is 16.7 Å². The molecule has 1 atom stereocenters. The van der Waals surface area contributed by atoms with Crippen molar-refractivity contribution in [3.05, 3.63) is 11.7 Å². The van der Waals surface area contributed by atoms with Crippen molar-refractivity contribution < 1.29 is 4.52 Å². The molecule has 1 aliphatic heterocycles. The second-order valence-corrected chi connectivity index (χ2v) is 6.61. The lowest BCUT2D eigenvalue weighted by molar-refractivity contribution is 0.361. The third-order valence-corrected chi connectivity index (χ3v) is 5.21.